The summed E-state index contributed by atoms with van der Waals surface area (Å²) in [5, 5.41) is 34.8. The highest BCUT2D eigenvalue weighted by Crippen LogP contribution is 2.06. The number of amides is 3. The molecule has 0 aliphatic heterocycles. The average Bonchev–Trinajstić information content (AvgIpc) is 3.34. The molecule has 194 valence electrons. The van der Waals surface area contributed by atoms with Crippen molar-refractivity contribution in [2.24, 2.45) is 5.73 Å². The maximum atomic E-state index is 13.0. The largest absolute Gasteiger partial charge is 0.481 e. The van der Waals surface area contributed by atoms with E-state index in [-0.39, 0.29) is 12.8 Å². The monoisotopic (exact) mass is 504 g/mol. The third-order valence-corrected chi connectivity index (χ3v) is 5.06. The van der Waals surface area contributed by atoms with Crippen molar-refractivity contribution < 1.29 is 39.3 Å². The van der Waals surface area contributed by atoms with Gasteiger partial charge in [-0.3, -0.25) is 19.2 Å². The number of hydrogen-bond donors (Lipinski definition) is 8. The zero-order chi connectivity index (χ0) is 26.7. The van der Waals surface area contributed by atoms with Crippen molar-refractivity contribution in [3.05, 3.63) is 54.1 Å². The maximum Gasteiger partial charge on any atom is 0.326 e. The highest BCUT2D eigenvalue weighted by molar-refractivity contribution is 5.94. The van der Waals surface area contributed by atoms with E-state index >= 15 is 0 Å². The Hall–Kier alpha value is -4.30. The summed E-state index contributed by atoms with van der Waals surface area (Å²) in [5.41, 5.74) is 6.58. The summed E-state index contributed by atoms with van der Waals surface area (Å²) in [7, 11) is 0. The third kappa shape index (κ3) is 8.81. The van der Waals surface area contributed by atoms with Crippen molar-refractivity contribution >= 4 is 29.7 Å². The summed E-state index contributed by atoms with van der Waals surface area (Å²) in [4.78, 5) is 66.9. The number of hydrogen-bond acceptors (Lipinski definition) is 8. The molecule has 4 unspecified atom stereocenters. The van der Waals surface area contributed by atoms with Crippen LogP contribution in [0, 0.1) is 0 Å². The molecule has 2 rings (SSSR count). The number of aliphatic hydroxyl groups is 1. The molecule has 0 aliphatic rings. The van der Waals surface area contributed by atoms with Gasteiger partial charge in [0, 0.05) is 24.7 Å². The molecule has 14 heteroatoms. The molecule has 0 aliphatic carbocycles. The van der Waals surface area contributed by atoms with E-state index < -0.39 is 66.9 Å². The van der Waals surface area contributed by atoms with Crippen molar-refractivity contribution in [1.82, 2.24) is 25.9 Å². The lowest BCUT2D eigenvalue weighted by Crippen LogP contribution is -2.58. The second kappa shape index (κ2) is 13.6. The van der Waals surface area contributed by atoms with Crippen molar-refractivity contribution in [1.29, 1.82) is 0 Å². The Kier molecular flexibility index (Phi) is 10.5. The average molecular weight is 505 g/mol. The number of aliphatic hydroxyl groups excluding tert-OH is 1. The van der Waals surface area contributed by atoms with Crippen molar-refractivity contribution in [3.63, 3.8) is 0 Å². The number of aromatic nitrogens is 2. The van der Waals surface area contributed by atoms with Crippen molar-refractivity contribution in [2.45, 2.75) is 43.4 Å². The van der Waals surface area contributed by atoms with E-state index in [1.807, 2.05) is 0 Å². The first-order valence-corrected chi connectivity index (χ1v) is 10.8. The molecule has 1 heterocycles. The molecule has 0 bridgehead atoms. The lowest BCUT2D eigenvalue weighted by atomic mass is 10.0. The first-order valence-electron chi connectivity index (χ1n) is 10.8. The number of H-pyrrole nitrogens is 1. The van der Waals surface area contributed by atoms with E-state index in [1.54, 1.807) is 30.3 Å². The fourth-order valence-electron chi connectivity index (χ4n) is 3.17. The fraction of sp³-hybridized carbons (Fsp3) is 0.364. The van der Waals surface area contributed by atoms with Crippen LogP contribution in [-0.2, 0) is 36.8 Å². The predicted molar refractivity (Wildman–Crippen MR) is 123 cm³/mol. The second-order valence-corrected chi connectivity index (χ2v) is 7.88. The number of aliphatic carboxylic acids is 2. The van der Waals surface area contributed by atoms with Gasteiger partial charge in [-0.2, -0.15) is 0 Å². The van der Waals surface area contributed by atoms with E-state index in [9.17, 15) is 34.2 Å². The second-order valence-electron chi connectivity index (χ2n) is 7.88. The van der Waals surface area contributed by atoms with Crippen LogP contribution in [0.2, 0.25) is 0 Å². The van der Waals surface area contributed by atoms with Gasteiger partial charge in [0.2, 0.25) is 17.7 Å². The quantitative estimate of drug-likeness (QED) is 0.135. The molecule has 2 aromatic rings. The minimum atomic E-state index is -1.55. The smallest absolute Gasteiger partial charge is 0.326 e. The SMILES string of the molecule is NC(CC(=O)O)C(=O)NC(CO)C(=O)NC(Cc1cnc[nH]1)C(=O)NC(Cc1ccccc1)C(=O)O. The van der Waals surface area contributed by atoms with E-state index in [0.29, 0.717) is 11.3 Å². The maximum absolute atomic E-state index is 13.0. The van der Waals surface area contributed by atoms with Crippen LogP contribution in [0.5, 0.6) is 0 Å². The lowest BCUT2D eigenvalue weighted by molar-refractivity contribution is -0.142. The molecule has 4 atom stereocenters. The summed E-state index contributed by atoms with van der Waals surface area (Å²) in [5.74, 6) is -5.40. The van der Waals surface area contributed by atoms with Crippen LogP contribution >= 0.6 is 0 Å². The zero-order valence-corrected chi connectivity index (χ0v) is 19.1. The molecule has 3 amide bonds. The molecule has 9 N–H and O–H groups in total. The Labute approximate surface area is 205 Å². The molecule has 1 aromatic carbocycles. The van der Waals surface area contributed by atoms with Gasteiger partial charge in [-0.1, -0.05) is 30.3 Å². The molecule has 36 heavy (non-hydrogen) atoms. The first-order chi connectivity index (χ1) is 17.1. The minimum Gasteiger partial charge on any atom is -0.481 e. The molecule has 1 aromatic heterocycles. The number of carboxylic acids is 2. The molecule has 0 spiro atoms. The Bertz CT molecular complexity index is 1050. The van der Waals surface area contributed by atoms with Gasteiger partial charge in [-0.15, -0.1) is 0 Å². The number of imidazole rings is 1. The van der Waals surface area contributed by atoms with Crippen LogP contribution in [0.25, 0.3) is 0 Å². The molecular formula is C22H28N6O8. The van der Waals surface area contributed by atoms with E-state index in [1.165, 1.54) is 12.5 Å². The molecule has 0 fully saturated rings. The number of carbonyl (C=O) groups is 5. The van der Waals surface area contributed by atoms with Crippen molar-refractivity contribution in [2.75, 3.05) is 6.61 Å². The molecule has 0 radical (unpaired) electrons. The molecule has 14 nitrogen and oxygen atoms in total. The Morgan fingerprint density at radius 1 is 0.889 bits per heavy atom. The van der Waals surface area contributed by atoms with E-state index in [4.69, 9.17) is 10.8 Å². The predicted octanol–water partition coefficient (Wildman–Crippen LogP) is -2.47. The number of nitrogens with two attached hydrogens (primary N) is 1. The van der Waals surface area contributed by atoms with Crippen LogP contribution < -0.4 is 21.7 Å². The van der Waals surface area contributed by atoms with Crippen LogP contribution in [0.4, 0.5) is 0 Å². The number of rotatable bonds is 14. The number of nitrogens with zero attached hydrogens (tertiary/aromatic N) is 1. The van der Waals surface area contributed by atoms with E-state index in [2.05, 4.69) is 25.9 Å². The van der Waals surface area contributed by atoms with Crippen LogP contribution in [0.3, 0.4) is 0 Å². The first kappa shape index (κ1) is 27.9. The Balaban J connectivity index is 2.14. The fourth-order valence-corrected chi connectivity index (χ4v) is 3.17. The lowest BCUT2D eigenvalue weighted by Gasteiger charge is -2.24. The van der Waals surface area contributed by atoms with Gasteiger partial charge in [0.15, 0.2) is 0 Å². The van der Waals surface area contributed by atoms with E-state index in [0.717, 1.165) is 0 Å². The molecular weight excluding hydrogens is 476 g/mol. The van der Waals surface area contributed by atoms with Gasteiger partial charge >= 0.3 is 11.9 Å². The summed E-state index contributed by atoms with van der Waals surface area (Å²) >= 11 is 0. The Morgan fingerprint density at radius 2 is 1.50 bits per heavy atom. The van der Waals surface area contributed by atoms with Crippen LogP contribution in [0.15, 0.2) is 42.9 Å². The number of aromatic amines is 1. The van der Waals surface area contributed by atoms with Gasteiger partial charge in [-0.25, -0.2) is 9.78 Å². The summed E-state index contributed by atoms with van der Waals surface area (Å²) in [6.07, 6.45) is 1.93. The summed E-state index contributed by atoms with van der Waals surface area (Å²) in [6, 6.07) is 2.99. The van der Waals surface area contributed by atoms with Gasteiger partial charge < -0.3 is 42.0 Å². The number of carboxylic acid groups (broad SMARTS) is 2. The van der Waals surface area contributed by atoms with Crippen molar-refractivity contribution in [3.8, 4) is 0 Å². The standard InChI is InChI=1S/C22H28N6O8/c23-14(8-18(30)31)19(32)28-17(10-29)21(34)26-15(7-13-9-24-11-25-13)20(33)27-16(22(35)36)6-12-4-2-1-3-5-12/h1-5,9,11,14-17,29H,6-8,10,23H2,(H,24,25)(H,26,34)(H,27,33)(H,28,32)(H,30,31)(H,35,36). The number of nitrogens with one attached hydrogen (secondary N) is 4. The number of benzene rings is 1. The highest BCUT2D eigenvalue weighted by atomic mass is 16.4. The summed E-state index contributed by atoms with van der Waals surface area (Å²) in [6.45, 7) is -0.873. The van der Waals surface area contributed by atoms with Crippen LogP contribution in [0.1, 0.15) is 17.7 Å². The minimum absolute atomic E-state index is 0.0105. The van der Waals surface area contributed by atoms with Gasteiger partial charge in [0.1, 0.15) is 18.1 Å². The van der Waals surface area contributed by atoms with Gasteiger partial charge in [-0.05, 0) is 5.56 Å². The number of carbonyl (C=O) groups excluding carboxylic acids is 3. The third-order valence-electron chi connectivity index (χ3n) is 5.06. The van der Waals surface area contributed by atoms with Gasteiger partial charge in [0.05, 0.1) is 25.4 Å². The normalized spacial score (nSPS) is 14.1. The Morgan fingerprint density at radius 3 is 2.06 bits per heavy atom. The van der Waals surface area contributed by atoms with Gasteiger partial charge in [0.25, 0.3) is 0 Å². The topological polar surface area (TPSA) is 237 Å². The summed E-state index contributed by atoms with van der Waals surface area (Å²) < 4.78 is 0. The highest BCUT2D eigenvalue weighted by Gasteiger charge is 2.31. The molecule has 0 saturated heterocycles. The van der Waals surface area contributed by atoms with Crippen LogP contribution in [-0.4, -0.2) is 85.7 Å². The molecule has 0 saturated carbocycles. The zero-order valence-electron chi connectivity index (χ0n) is 19.1.